The number of thioether (sulfide) groups is 1. The Balaban J connectivity index is 1.68. The maximum atomic E-state index is 12.7. The molecule has 7 heteroatoms. The Hall–Kier alpha value is -2.02. The zero-order valence-corrected chi connectivity index (χ0v) is 16.6. The Labute approximate surface area is 158 Å². The van der Waals surface area contributed by atoms with Gasteiger partial charge in [0.05, 0.1) is 12.4 Å². The van der Waals surface area contributed by atoms with E-state index in [1.165, 1.54) is 11.8 Å². The molecule has 1 atom stereocenters. The van der Waals surface area contributed by atoms with Gasteiger partial charge in [-0.1, -0.05) is 18.7 Å². The largest absolute Gasteiger partial charge is 0.497 e. The lowest BCUT2D eigenvalue weighted by Crippen LogP contribution is -2.41. The summed E-state index contributed by atoms with van der Waals surface area (Å²) in [7, 11) is 3.58. The summed E-state index contributed by atoms with van der Waals surface area (Å²) in [5.74, 6) is 2.49. The number of amides is 1. The topological polar surface area (TPSA) is 60.3 Å². The van der Waals surface area contributed by atoms with Crippen LogP contribution in [0.1, 0.15) is 26.7 Å². The van der Waals surface area contributed by atoms with Crippen LogP contribution in [-0.2, 0) is 11.8 Å². The first-order valence-electron chi connectivity index (χ1n) is 8.99. The molecule has 1 saturated heterocycles. The van der Waals surface area contributed by atoms with Crippen LogP contribution in [0.25, 0.3) is 11.4 Å². The molecule has 3 rings (SSSR count). The van der Waals surface area contributed by atoms with Gasteiger partial charge in [-0.25, -0.2) is 0 Å². The van der Waals surface area contributed by atoms with Gasteiger partial charge in [0.15, 0.2) is 11.0 Å². The molecule has 1 fully saturated rings. The number of rotatable bonds is 5. The SMILES string of the molecule is COc1ccc(-c2nnc(SC(C)C(=O)N3CCC(C)CC3)n2C)cc1. The zero-order valence-electron chi connectivity index (χ0n) is 15.8. The molecule has 1 aliphatic heterocycles. The number of hydrogen-bond donors (Lipinski definition) is 0. The number of piperidine rings is 1. The van der Waals surface area contributed by atoms with Gasteiger partial charge in [-0.3, -0.25) is 4.79 Å². The lowest BCUT2D eigenvalue weighted by molar-refractivity contribution is -0.131. The van der Waals surface area contributed by atoms with Crippen LogP contribution in [0, 0.1) is 5.92 Å². The second kappa shape index (κ2) is 8.12. The Kier molecular flexibility index (Phi) is 5.86. The Morgan fingerprint density at radius 1 is 1.23 bits per heavy atom. The van der Waals surface area contributed by atoms with Crippen LogP contribution in [0.15, 0.2) is 29.4 Å². The molecule has 1 aromatic heterocycles. The molecule has 1 unspecified atom stereocenters. The van der Waals surface area contributed by atoms with Crippen molar-refractivity contribution in [2.45, 2.75) is 37.1 Å². The molecule has 0 N–H and O–H groups in total. The van der Waals surface area contributed by atoms with E-state index in [0.717, 1.165) is 48.2 Å². The number of carbonyl (C=O) groups is 1. The molecule has 0 aliphatic carbocycles. The van der Waals surface area contributed by atoms with E-state index in [1.807, 2.05) is 47.7 Å². The Morgan fingerprint density at radius 2 is 1.88 bits per heavy atom. The second-order valence-electron chi connectivity index (χ2n) is 6.86. The number of benzene rings is 1. The molecule has 2 aromatic rings. The monoisotopic (exact) mass is 374 g/mol. The lowest BCUT2D eigenvalue weighted by Gasteiger charge is -2.31. The van der Waals surface area contributed by atoms with Crippen LogP contribution in [0.5, 0.6) is 5.75 Å². The van der Waals surface area contributed by atoms with Gasteiger partial charge in [0, 0.05) is 25.7 Å². The summed E-state index contributed by atoms with van der Waals surface area (Å²) in [5, 5.41) is 9.17. The van der Waals surface area contributed by atoms with Crippen molar-refractivity contribution >= 4 is 17.7 Å². The van der Waals surface area contributed by atoms with Crippen molar-refractivity contribution in [1.29, 1.82) is 0 Å². The van der Waals surface area contributed by atoms with E-state index >= 15 is 0 Å². The molecule has 1 aromatic carbocycles. The normalized spacial score (nSPS) is 16.5. The fraction of sp³-hybridized carbons (Fsp3) is 0.526. The van der Waals surface area contributed by atoms with E-state index in [-0.39, 0.29) is 11.2 Å². The highest BCUT2D eigenvalue weighted by Gasteiger charge is 2.26. The van der Waals surface area contributed by atoms with Crippen LogP contribution in [0.3, 0.4) is 0 Å². The minimum atomic E-state index is -0.171. The summed E-state index contributed by atoms with van der Waals surface area (Å²) >= 11 is 1.47. The molecular formula is C19H26N4O2S. The first kappa shape index (κ1) is 18.8. The minimum absolute atomic E-state index is 0.171. The number of hydrogen-bond acceptors (Lipinski definition) is 5. The van der Waals surface area contributed by atoms with Gasteiger partial charge in [-0.15, -0.1) is 10.2 Å². The molecule has 140 valence electrons. The molecule has 0 radical (unpaired) electrons. The number of nitrogens with zero attached hydrogens (tertiary/aromatic N) is 4. The Bertz CT molecular complexity index is 751. The van der Waals surface area contributed by atoms with Crippen LogP contribution in [-0.4, -0.2) is 51.0 Å². The van der Waals surface area contributed by atoms with Gasteiger partial charge in [0.25, 0.3) is 0 Å². The lowest BCUT2D eigenvalue weighted by atomic mass is 9.99. The summed E-state index contributed by atoms with van der Waals surface area (Å²) < 4.78 is 7.13. The molecule has 0 bridgehead atoms. The third-order valence-electron chi connectivity index (χ3n) is 4.91. The predicted octanol–water partition coefficient (Wildman–Crippen LogP) is 3.23. The molecule has 1 aliphatic rings. The van der Waals surface area contributed by atoms with E-state index in [9.17, 15) is 4.79 Å². The molecule has 0 spiro atoms. The fourth-order valence-corrected chi connectivity index (χ4v) is 4.00. The average Bonchev–Trinajstić information content (AvgIpc) is 3.02. The van der Waals surface area contributed by atoms with Gasteiger partial charge >= 0.3 is 0 Å². The highest BCUT2D eigenvalue weighted by atomic mass is 32.2. The molecular weight excluding hydrogens is 348 g/mol. The predicted molar refractivity (Wildman–Crippen MR) is 103 cm³/mol. The van der Waals surface area contributed by atoms with E-state index in [1.54, 1.807) is 7.11 Å². The average molecular weight is 375 g/mol. The fourth-order valence-electron chi connectivity index (χ4n) is 3.10. The zero-order chi connectivity index (χ0) is 18.7. The van der Waals surface area contributed by atoms with Crippen molar-refractivity contribution in [3.05, 3.63) is 24.3 Å². The molecule has 26 heavy (non-hydrogen) atoms. The van der Waals surface area contributed by atoms with Crippen LogP contribution < -0.4 is 4.74 Å². The Morgan fingerprint density at radius 3 is 2.50 bits per heavy atom. The third-order valence-corrected chi connectivity index (χ3v) is 6.03. The number of carbonyl (C=O) groups excluding carboxylic acids is 1. The van der Waals surface area contributed by atoms with Crippen molar-refractivity contribution in [2.75, 3.05) is 20.2 Å². The van der Waals surface area contributed by atoms with Crippen molar-refractivity contribution in [3.8, 4) is 17.1 Å². The number of ether oxygens (including phenoxy) is 1. The van der Waals surface area contributed by atoms with Gasteiger partial charge < -0.3 is 14.2 Å². The third kappa shape index (κ3) is 4.03. The summed E-state index contributed by atoms with van der Waals surface area (Å²) in [6.07, 6.45) is 2.18. The standard InChI is InChI=1S/C19H26N4O2S/c1-13-9-11-23(12-10-13)18(24)14(2)26-19-21-20-17(22(19)3)15-5-7-16(25-4)8-6-15/h5-8,13-14H,9-12H2,1-4H3. The highest BCUT2D eigenvalue weighted by Crippen LogP contribution is 2.28. The van der Waals surface area contributed by atoms with E-state index < -0.39 is 0 Å². The minimum Gasteiger partial charge on any atom is -0.497 e. The van der Waals surface area contributed by atoms with Gasteiger partial charge in [-0.2, -0.15) is 0 Å². The van der Waals surface area contributed by atoms with E-state index in [0.29, 0.717) is 5.92 Å². The molecule has 1 amide bonds. The second-order valence-corrected chi connectivity index (χ2v) is 8.17. The van der Waals surface area contributed by atoms with E-state index in [2.05, 4.69) is 17.1 Å². The van der Waals surface area contributed by atoms with Gasteiger partial charge in [-0.05, 0) is 49.9 Å². The molecule has 6 nitrogen and oxygen atoms in total. The smallest absolute Gasteiger partial charge is 0.235 e. The summed E-state index contributed by atoms with van der Waals surface area (Å²) in [6.45, 7) is 5.93. The maximum Gasteiger partial charge on any atom is 0.235 e. The first-order valence-corrected chi connectivity index (χ1v) is 9.86. The van der Waals surface area contributed by atoms with Crippen LogP contribution in [0.4, 0.5) is 0 Å². The van der Waals surface area contributed by atoms with Crippen molar-refractivity contribution in [3.63, 3.8) is 0 Å². The highest BCUT2D eigenvalue weighted by molar-refractivity contribution is 8.00. The molecule has 0 saturated carbocycles. The maximum absolute atomic E-state index is 12.7. The summed E-state index contributed by atoms with van der Waals surface area (Å²) in [5.41, 5.74) is 0.969. The number of methoxy groups -OCH3 is 1. The summed E-state index contributed by atoms with van der Waals surface area (Å²) in [4.78, 5) is 14.7. The van der Waals surface area contributed by atoms with Crippen molar-refractivity contribution < 1.29 is 9.53 Å². The van der Waals surface area contributed by atoms with Crippen LogP contribution >= 0.6 is 11.8 Å². The van der Waals surface area contributed by atoms with Gasteiger partial charge in [0.2, 0.25) is 5.91 Å². The quantitative estimate of drug-likeness (QED) is 0.752. The number of likely N-dealkylation sites (tertiary alicyclic amines) is 1. The van der Waals surface area contributed by atoms with Crippen LogP contribution in [0.2, 0.25) is 0 Å². The van der Waals surface area contributed by atoms with E-state index in [4.69, 9.17) is 4.74 Å². The van der Waals surface area contributed by atoms with Crippen molar-refractivity contribution in [1.82, 2.24) is 19.7 Å². The first-order chi connectivity index (χ1) is 12.5. The van der Waals surface area contributed by atoms with Gasteiger partial charge in [0.1, 0.15) is 5.75 Å². The summed E-state index contributed by atoms with van der Waals surface area (Å²) in [6, 6.07) is 7.72. The number of aromatic nitrogens is 3. The van der Waals surface area contributed by atoms with Crippen molar-refractivity contribution in [2.24, 2.45) is 13.0 Å². The molecule has 2 heterocycles.